The van der Waals surface area contributed by atoms with E-state index in [2.05, 4.69) is 34.3 Å². The van der Waals surface area contributed by atoms with Gasteiger partial charge in [-0.15, -0.1) is 11.3 Å². The van der Waals surface area contributed by atoms with Gasteiger partial charge in [-0.25, -0.2) is 4.98 Å². The minimum absolute atomic E-state index is 0.0288. The van der Waals surface area contributed by atoms with Crippen molar-refractivity contribution in [3.05, 3.63) is 40.9 Å². The van der Waals surface area contributed by atoms with Crippen LogP contribution in [0.5, 0.6) is 0 Å². The van der Waals surface area contributed by atoms with E-state index < -0.39 is 0 Å². The van der Waals surface area contributed by atoms with Crippen molar-refractivity contribution in [2.24, 2.45) is 5.92 Å². The Bertz CT molecular complexity index is 719. The predicted octanol–water partition coefficient (Wildman–Crippen LogP) is 2.94. The summed E-state index contributed by atoms with van der Waals surface area (Å²) in [5.41, 5.74) is 2.30. The Morgan fingerprint density at radius 1 is 1.30 bits per heavy atom. The number of rotatable bonds is 3. The number of thiazole rings is 1. The molecular weight excluding hydrogens is 306 g/mol. The summed E-state index contributed by atoms with van der Waals surface area (Å²) in [4.78, 5) is 20.2. The van der Waals surface area contributed by atoms with Crippen molar-refractivity contribution in [3.63, 3.8) is 0 Å². The Morgan fingerprint density at radius 2 is 2.09 bits per heavy atom. The monoisotopic (exact) mass is 327 g/mol. The zero-order valence-corrected chi connectivity index (χ0v) is 14.1. The first-order valence-electron chi connectivity index (χ1n) is 8.26. The summed E-state index contributed by atoms with van der Waals surface area (Å²) < 4.78 is 0. The second-order valence-corrected chi connectivity index (χ2v) is 7.59. The lowest BCUT2D eigenvalue weighted by molar-refractivity contribution is 0.0622. The van der Waals surface area contributed by atoms with Crippen LogP contribution in [0.15, 0.2) is 30.5 Å². The molecule has 1 aromatic carbocycles. The molecule has 0 radical (unpaired) electrons. The Hall–Kier alpha value is -1.72. The fourth-order valence-corrected chi connectivity index (χ4v) is 4.59. The number of amides is 1. The number of fused-ring (bicyclic) bond motifs is 3. The number of carbonyl (C=O) groups excluding carboxylic acids is 1. The van der Waals surface area contributed by atoms with Crippen molar-refractivity contribution in [2.75, 3.05) is 19.6 Å². The van der Waals surface area contributed by atoms with Gasteiger partial charge in [-0.1, -0.05) is 24.3 Å². The molecule has 2 bridgehead atoms. The van der Waals surface area contributed by atoms with Crippen LogP contribution >= 0.6 is 11.3 Å². The van der Waals surface area contributed by atoms with Crippen LogP contribution in [0, 0.1) is 12.8 Å². The lowest BCUT2D eigenvalue weighted by atomic mass is 9.84. The van der Waals surface area contributed by atoms with Gasteiger partial charge in [-0.05, 0) is 44.3 Å². The van der Waals surface area contributed by atoms with E-state index in [0.717, 1.165) is 17.1 Å². The molecule has 3 aliphatic rings. The van der Waals surface area contributed by atoms with Crippen LogP contribution in [0.4, 0.5) is 0 Å². The van der Waals surface area contributed by atoms with Crippen LogP contribution in [-0.4, -0.2) is 41.5 Å². The third-order valence-electron chi connectivity index (χ3n) is 5.08. The molecule has 4 heterocycles. The largest absolute Gasteiger partial charge is 0.347 e. The fraction of sp³-hybridized carbons (Fsp3) is 0.444. The van der Waals surface area contributed by atoms with Crippen LogP contribution in [0.3, 0.4) is 0 Å². The normalized spacial score (nSPS) is 26.2. The molecule has 3 saturated heterocycles. The summed E-state index contributed by atoms with van der Waals surface area (Å²) in [6.07, 6.45) is 4.13. The van der Waals surface area contributed by atoms with Gasteiger partial charge in [0.2, 0.25) is 0 Å². The highest BCUT2D eigenvalue weighted by Gasteiger charge is 2.35. The number of hydrogen-bond acceptors (Lipinski definition) is 4. The number of aryl methyl sites for hydroxylation is 1. The summed E-state index contributed by atoms with van der Waals surface area (Å²) in [5, 5.41) is 4.15. The van der Waals surface area contributed by atoms with Crippen LogP contribution in [0.1, 0.15) is 28.1 Å². The smallest absolute Gasteiger partial charge is 0.263 e. The molecule has 0 saturated carbocycles. The van der Waals surface area contributed by atoms with E-state index in [4.69, 9.17) is 0 Å². The van der Waals surface area contributed by atoms with Gasteiger partial charge < -0.3 is 10.2 Å². The summed E-state index contributed by atoms with van der Waals surface area (Å²) >= 11 is 1.48. The molecule has 5 rings (SSSR count). The average Bonchev–Trinajstić information content (AvgIpc) is 3.06. The topological polar surface area (TPSA) is 45.2 Å². The SMILES string of the molecule is Cc1ccccc1-c1ncc(C(=O)NC2CN3CCC2CC3)s1. The molecule has 1 atom stereocenters. The van der Waals surface area contributed by atoms with Crippen molar-refractivity contribution in [1.29, 1.82) is 0 Å². The van der Waals surface area contributed by atoms with Crippen molar-refractivity contribution < 1.29 is 4.79 Å². The first kappa shape index (κ1) is 14.8. The number of piperidine rings is 3. The van der Waals surface area contributed by atoms with Crippen LogP contribution in [0.25, 0.3) is 10.6 Å². The second-order valence-electron chi connectivity index (χ2n) is 6.56. The quantitative estimate of drug-likeness (QED) is 0.943. The summed E-state index contributed by atoms with van der Waals surface area (Å²) in [6, 6.07) is 8.46. The predicted molar refractivity (Wildman–Crippen MR) is 92.7 cm³/mol. The number of aromatic nitrogens is 1. The maximum absolute atomic E-state index is 12.6. The molecule has 0 aliphatic carbocycles. The molecule has 2 aromatic rings. The van der Waals surface area contributed by atoms with Gasteiger partial charge in [0.1, 0.15) is 9.88 Å². The molecule has 1 aromatic heterocycles. The Kier molecular flexibility index (Phi) is 3.91. The first-order valence-corrected chi connectivity index (χ1v) is 9.07. The zero-order valence-electron chi connectivity index (χ0n) is 13.3. The standard InChI is InChI=1S/C18H21N3OS/c1-12-4-2-3-5-14(12)18-19-10-16(23-18)17(22)20-15-11-21-8-6-13(15)7-9-21/h2-5,10,13,15H,6-9,11H2,1H3,(H,20,22). The second kappa shape index (κ2) is 6.06. The lowest BCUT2D eigenvalue weighted by Crippen LogP contribution is -2.57. The van der Waals surface area contributed by atoms with Crippen molar-refractivity contribution >= 4 is 17.2 Å². The van der Waals surface area contributed by atoms with Gasteiger partial charge in [-0.2, -0.15) is 0 Å². The van der Waals surface area contributed by atoms with Crippen molar-refractivity contribution in [2.45, 2.75) is 25.8 Å². The minimum atomic E-state index is 0.0288. The van der Waals surface area contributed by atoms with Crippen LogP contribution < -0.4 is 5.32 Å². The van der Waals surface area contributed by atoms with E-state index >= 15 is 0 Å². The molecule has 1 N–H and O–H groups in total. The molecule has 0 spiro atoms. The maximum Gasteiger partial charge on any atom is 0.263 e. The number of hydrogen-bond donors (Lipinski definition) is 1. The molecule has 3 fully saturated rings. The molecule has 1 amide bonds. The molecule has 120 valence electrons. The van der Waals surface area contributed by atoms with Crippen LogP contribution in [-0.2, 0) is 0 Å². The Balaban J connectivity index is 1.48. The van der Waals surface area contributed by atoms with Crippen molar-refractivity contribution in [1.82, 2.24) is 15.2 Å². The molecule has 3 aliphatic heterocycles. The molecule has 5 heteroatoms. The number of benzene rings is 1. The molecule has 1 unspecified atom stereocenters. The molecule has 23 heavy (non-hydrogen) atoms. The van der Waals surface area contributed by atoms with E-state index in [-0.39, 0.29) is 5.91 Å². The molecular formula is C18H21N3OS. The summed E-state index contributed by atoms with van der Waals surface area (Å²) in [7, 11) is 0. The van der Waals surface area contributed by atoms with E-state index in [0.29, 0.717) is 16.8 Å². The third-order valence-corrected chi connectivity index (χ3v) is 6.11. The molecule has 4 nitrogen and oxygen atoms in total. The minimum Gasteiger partial charge on any atom is -0.347 e. The average molecular weight is 327 g/mol. The zero-order chi connectivity index (χ0) is 15.8. The Morgan fingerprint density at radius 3 is 2.78 bits per heavy atom. The van der Waals surface area contributed by atoms with Gasteiger partial charge in [0.15, 0.2) is 0 Å². The number of nitrogens with one attached hydrogen (secondary N) is 1. The highest BCUT2D eigenvalue weighted by atomic mass is 32.1. The highest BCUT2D eigenvalue weighted by Crippen LogP contribution is 2.30. The van der Waals surface area contributed by atoms with Gasteiger partial charge >= 0.3 is 0 Å². The number of nitrogens with zero attached hydrogens (tertiary/aromatic N) is 2. The van der Waals surface area contributed by atoms with E-state index in [1.165, 1.54) is 42.8 Å². The van der Waals surface area contributed by atoms with E-state index in [1.54, 1.807) is 6.20 Å². The van der Waals surface area contributed by atoms with Gasteiger partial charge in [0, 0.05) is 18.2 Å². The van der Waals surface area contributed by atoms with Gasteiger partial charge in [0.05, 0.1) is 6.20 Å². The van der Waals surface area contributed by atoms with Gasteiger partial charge in [-0.3, -0.25) is 4.79 Å². The van der Waals surface area contributed by atoms with Crippen LogP contribution in [0.2, 0.25) is 0 Å². The number of carbonyl (C=O) groups is 1. The third kappa shape index (κ3) is 2.91. The first-order chi connectivity index (χ1) is 11.2. The van der Waals surface area contributed by atoms with Gasteiger partial charge in [0.25, 0.3) is 5.91 Å². The van der Waals surface area contributed by atoms with E-state index in [1.807, 2.05) is 12.1 Å². The van der Waals surface area contributed by atoms with Crippen molar-refractivity contribution in [3.8, 4) is 10.6 Å². The summed E-state index contributed by atoms with van der Waals surface area (Å²) in [6.45, 7) is 5.45. The Labute approximate surface area is 140 Å². The lowest BCUT2D eigenvalue weighted by Gasteiger charge is -2.44. The highest BCUT2D eigenvalue weighted by molar-refractivity contribution is 7.16. The fourth-order valence-electron chi connectivity index (χ4n) is 3.68. The maximum atomic E-state index is 12.6. The van der Waals surface area contributed by atoms with E-state index in [9.17, 15) is 4.79 Å². The summed E-state index contributed by atoms with van der Waals surface area (Å²) in [5.74, 6) is 0.675.